The summed E-state index contributed by atoms with van der Waals surface area (Å²) in [6.45, 7) is 0. The van der Waals surface area contributed by atoms with E-state index >= 15 is 0 Å². The minimum Gasteiger partial charge on any atom is -0.385 e. The van der Waals surface area contributed by atoms with Gasteiger partial charge in [0.25, 0.3) is 0 Å². The molecule has 2 bridgehead atoms. The molecule has 2 saturated heterocycles. The summed E-state index contributed by atoms with van der Waals surface area (Å²) in [7, 11) is 0. The normalized spacial score (nSPS) is 35.2. The average Bonchev–Trinajstić information content (AvgIpc) is 2.95. The number of rotatable bonds is 1. The smallest absolute Gasteiger partial charge is 0.135 e. The third kappa shape index (κ3) is 1.47. The Balaban J connectivity index is 1.76. The van der Waals surface area contributed by atoms with Crippen molar-refractivity contribution in [1.82, 2.24) is 15.6 Å². The summed E-state index contributed by atoms with van der Waals surface area (Å²) in [4.78, 5) is 0. The quantitative estimate of drug-likeness (QED) is 0.793. The summed E-state index contributed by atoms with van der Waals surface area (Å²) in [6.07, 6.45) is 3.89. The fraction of sp³-hybridized carbons (Fsp3) is 0.538. The molecule has 1 aromatic heterocycles. The van der Waals surface area contributed by atoms with Crippen molar-refractivity contribution >= 4 is 11.0 Å². The van der Waals surface area contributed by atoms with Gasteiger partial charge in [-0.25, -0.2) is 4.63 Å². The van der Waals surface area contributed by atoms with Crippen LogP contribution in [0.5, 0.6) is 0 Å². The number of aliphatic hydroxyl groups is 1. The Labute approximate surface area is 104 Å². The second-order valence-electron chi connectivity index (χ2n) is 5.55. The van der Waals surface area contributed by atoms with E-state index in [1.165, 1.54) is 12.8 Å². The van der Waals surface area contributed by atoms with Gasteiger partial charge in [-0.3, -0.25) is 0 Å². The first-order chi connectivity index (χ1) is 8.73. The van der Waals surface area contributed by atoms with Gasteiger partial charge in [0.15, 0.2) is 0 Å². The zero-order valence-corrected chi connectivity index (χ0v) is 9.97. The van der Waals surface area contributed by atoms with Gasteiger partial charge in [-0.2, -0.15) is 0 Å². The van der Waals surface area contributed by atoms with Crippen molar-refractivity contribution in [2.24, 2.45) is 0 Å². The van der Waals surface area contributed by atoms with Gasteiger partial charge in [-0.1, -0.05) is 6.07 Å². The van der Waals surface area contributed by atoms with Crippen molar-refractivity contribution in [2.45, 2.75) is 43.4 Å². The van der Waals surface area contributed by atoms with Crippen molar-refractivity contribution in [3.8, 4) is 0 Å². The minimum atomic E-state index is -0.732. The molecule has 5 heteroatoms. The Morgan fingerprint density at radius 1 is 1.17 bits per heavy atom. The van der Waals surface area contributed by atoms with Crippen LogP contribution in [0.25, 0.3) is 11.0 Å². The molecular weight excluding hydrogens is 230 g/mol. The van der Waals surface area contributed by atoms with Gasteiger partial charge in [0.2, 0.25) is 0 Å². The average molecular weight is 245 g/mol. The number of nitrogens with zero attached hydrogens (tertiary/aromatic N) is 2. The van der Waals surface area contributed by atoms with E-state index in [0.29, 0.717) is 17.6 Å². The van der Waals surface area contributed by atoms with Crippen LogP contribution in [0, 0.1) is 0 Å². The number of fused-ring (bicyclic) bond motifs is 3. The predicted octanol–water partition coefficient (Wildman–Crippen LogP) is 1.32. The molecule has 0 radical (unpaired) electrons. The maximum atomic E-state index is 10.9. The summed E-state index contributed by atoms with van der Waals surface area (Å²) in [5, 5.41) is 22.1. The van der Waals surface area contributed by atoms with Crippen molar-refractivity contribution in [3.63, 3.8) is 0 Å². The molecule has 2 unspecified atom stereocenters. The summed E-state index contributed by atoms with van der Waals surface area (Å²) in [5.74, 6) is 0. The lowest BCUT2D eigenvalue weighted by atomic mass is 9.81. The maximum Gasteiger partial charge on any atom is 0.135 e. The SMILES string of the molecule is OC1(c2ccc3nonc3c2)CC2CCC(C1)N2. The number of hydrogen-bond donors (Lipinski definition) is 2. The van der Waals surface area contributed by atoms with Crippen molar-refractivity contribution in [3.05, 3.63) is 23.8 Å². The molecule has 2 fully saturated rings. The number of hydrogen-bond acceptors (Lipinski definition) is 5. The Kier molecular flexibility index (Phi) is 2.05. The molecule has 2 aliphatic rings. The van der Waals surface area contributed by atoms with Crippen LogP contribution < -0.4 is 5.32 Å². The van der Waals surface area contributed by atoms with Crippen molar-refractivity contribution in [1.29, 1.82) is 0 Å². The van der Waals surface area contributed by atoms with Crippen LogP contribution in [0.1, 0.15) is 31.2 Å². The fourth-order valence-corrected chi connectivity index (χ4v) is 3.43. The van der Waals surface area contributed by atoms with Crippen LogP contribution >= 0.6 is 0 Å². The van der Waals surface area contributed by atoms with Crippen molar-refractivity contribution < 1.29 is 9.74 Å². The van der Waals surface area contributed by atoms with Gasteiger partial charge >= 0.3 is 0 Å². The van der Waals surface area contributed by atoms with E-state index < -0.39 is 5.60 Å². The zero-order valence-electron chi connectivity index (χ0n) is 9.97. The van der Waals surface area contributed by atoms with E-state index in [1.807, 2.05) is 18.2 Å². The minimum absolute atomic E-state index is 0.444. The maximum absolute atomic E-state index is 10.9. The molecule has 2 aliphatic heterocycles. The molecule has 2 atom stereocenters. The summed E-state index contributed by atoms with van der Waals surface area (Å²) >= 11 is 0. The topological polar surface area (TPSA) is 71.2 Å². The first kappa shape index (κ1) is 10.5. The van der Waals surface area contributed by atoms with Crippen LogP contribution in [-0.2, 0) is 5.60 Å². The Morgan fingerprint density at radius 3 is 2.67 bits per heavy atom. The second-order valence-corrected chi connectivity index (χ2v) is 5.55. The number of nitrogens with one attached hydrogen (secondary N) is 1. The first-order valence-corrected chi connectivity index (χ1v) is 6.44. The molecule has 0 spiro atoms. The monoisotopic (exact) mass is 245 g/mol. The van der Waals surface area contributed by atoms with E-state index in [2.05, 4.69) is 15.6 Å². The summed E-state index contributed by atoms with van der Waals surface area (Å²) in [6, 6.07) is 6.59. The molecule has 4 rings (SSSR count). The highest BCUT2D eigenvalue weighted by Crippen LogP contribution is 2.41. The first-order valence-electron chi connectivity index (χ1n) is 6.44. The van der Waals surface area contributed by atoms with Crippen LogP contribution in [0.4, 0.5) is 0 Å². The Bertz CT molecular complexity index is 583. The van der Waals surface area contributed by atoms with Crippen LogP contribution in [-0.4, -0.2) is 27.5 Å². The largest absolute Gasteiger partial charge is 0.385 e. The molecule has 18 heavy (non-hydrogen) atoms. The number of piperidine rings is 1. The Morgan fingerprint density at radius 2 is 1.89 bits per heavy atom. The molecule has 0 saturated carbocycles. The van der Waals surface area contributed by atoms with Crippen LogP contribution in [0.3, 0.4) is 0 Å². The molecular formula is C13H15N3O2. The van der Waals surface area contributed by atoms with E-state index in [4.69, 9.17) is 4.63 Å². The molecule has 2 N–H and O–H groups in total. The van der Waals surface area contributed by atoms with Crippen LogP contribution in [0.2, 0.25) is 0 Å². The molecule has 94 valence electrons. The van der Waals surface area contributed by atoms with Gasteiger partial charge in [-0.05, 0) is 53.7 Å². The highest BCUT2D eigenvalue weighted by atomic mass is 16.6. The zero-order chi connectivity index (χ0) is 12.2. The molecule has 3 heterocycles. The van der Waals surface area contributed by atoms with Gasteiger partial charge < -0.3 is 10.4 Å². The number of benzene rings is 1. The third-order valence-electron chi connectivity index (χ3n) is 4.29. The van der Waals surface area contributed by atoms with Gasteiger partial charge in [0, 0.05) is 12.1 Å². The number of aromatic nitrogens is 2. The van der Waals surface area contributed by atoms with E-state index in [1.54, 1.807) is 0 Å². The van der Waals surface area contributed by atoms with E-state index in [-0.39, 0.29) is 0 Å². The molecule has 1 aromatic carbocycles. The second kappa shape index (κ2) is 3.52. The molecule has 5 nitrogen and oxygen atoms in total. The van der Waals surface area contributed by atoms with Gasteiger partial charge in [-0.15, -0.1) is 0 Å². The fourth-order valence-electron chi connectivity index (χ4n) is 3.43. The summed E-state index contributed by atoms with van der Waals surface area (Å²) < 4.78 is 4.70. The van der Waals surface area contributed by atoms with Crippen LogP contribution in [0.15, 0.2) is 22.8 Å². The van der Waals surface area contributed by atoms with Gasteiger partial charge in [0.1, 0.15) is 11.0 Å². The van der Waals surface area contributed by atoms with Crippen molar-refractivity contribution in [2.75, 3.05) is 0 Å². The predicted molar refractivity (Wildman–Crippen MR) is 64.9 cm³/mol. The van der Waals surface area contributed by atoms with E-state index in [9.17, 15) is 5.11 Å². The third-order valence-corrected chi connectivity index (χ3v) is 4.29. The molecule has 0 amide bonds. The Hall–Kier alpha value is -1.46. The highest BCUT2D eigenvalue weighted by molar-refractivity contribution is 5.74. The lowest BCUT2D eigenvalue weighted by molar-refractivity contribution is -0.0113. The standard InChI is InChI=1S/C13H15N3O2/c17-13(6-9-2-3-10(7-13)14-9)8-1-4-11-12(5-8)16-18-15-11/h1,4-5,9-10,14,17H,2-3,6-7H2. The van der Waals surface area contributed by atoms with E-state index in [0.717, 1.165) is 23.9 Å². The molecule has 2 aromatic rings. The lowest BCUT2D eigenvalue weighted by Crippen LogP contribution is -2.46. The highest BCUT2D eigenvalue weighted by Gasteiger charge is 2.43. The summed E-state index contributed by atoms with van der Waals surface area (Å²) in [5.41, 5.74) is 1.65. The lowest BCUT2D eigenvalue weighted by Gasteiger charge is -2.37. The molecule has 0 aliphatic carbocycles. The van der Waals surface area contributed by atoms with Gasteiger partial charge in [0.05, 0.1) is 5.60 Å².